The molecular weight excluding hydrogens is 469 g/mol. The van der Waals surface area contributed by atoms with Crippen molar-refractivity contribution in [1.29, 1.82) is 0 Å². The molecule has 0 bridgehead atoms. The third-order valence-electron chi connectivity index (χ3n) is 4.90. The first-order chi connectivity index (χ1) is 15.3. The van der Waals surface area contributed by atoms with Gasteiger partial charge in [-0.05, 0) is 55.3 Å². The molecule has 0 spiro atoms. The Morgan fingerprint density at radius 3 is 2.41 bits per heavy atom. The lowest BCUT2D eigenvalue weighted by molar-refractivity contribution is 0.102. The number of aromatic nitrogens is 4. The summed E-state index contributed by atoms with van der Waals surface area (Å²) in [6, 6.07) is 14.8. The summed E-state index contributed by atoms with van der Waals surface area (Å²) in [5, 5.41) is 13.0. The van der Waals surface area contributed by atoms with Crippen molar-refractivity contribution in [1.82, 2.24) is 19.6 Å². The lowest BCUT2D eigenvalue weighted by atomic mass is 10.1. The lowest BCUT2D eigenvalue weighted by Gasteiger charge is -2.08. The molecule has 0 saturated heterocycles. The minimum Gasteiger partial charge on any atom is -0.304 e. The zero-order valence-electron chi connectivity index (χ0n) is 17.4. The molecule has 4 aromatic rings. The molecule has 2 aromatic carbocycles. The van der Waals surface area contributed by atoms with E-state index in [4.69, 9.17) is 34.8 Å². The number of hydrogen-bond acceptors (Lipinski definition) is 3. The van der Waals surface area contributed by atoms with Crippen molar-refractivity contribution >= 4 is 46.5 Å². The number of rotatable bonds is 6. The fourth-order valence-electron chi connectivity index (χ4n) is 3.39. The number of nitrogens with one attached hydrogen (secondary N) is 1. The molecule has 6 nitrogen and oxygen atoms in total. The van der Waals surface area contributed by atoms with Gasteiger partial charge in [-0.3, -0.25) is 14.2 Å². The molecule has 0 aliphatic heterocycles. The van der Waals surface area contributed by atoms with Crippen LogP contribution in [0.5, 0.6) is 0 Å². The summed E-state index contributed by atoms with van der Waals surface area (Å²) in [5.74, 6) is 0.00239. The Kier molecular flexibility index (Phi) is 6.55. The highest BCUT2D eigenvalue weighted by Crippen LogP contribution is 2.25. The van der Waals surface area contributed by atoms with Crippen LogP contribution in [0.2, 0.25) is 15.1 Å². The second kappa shape index (κ2) is 9.36. The van der Waals surface area contributed by atoms with E-state index in [1.807, 2.05) is 48.9 Å². The molecule has 32 heavy (non-hydrogen) atoms. The van der Waals surface area contributed by atoms with E-state index in [-0.39, 0.29) is 5.91 Å². The van der Waals surface area contributed by atoms with Gasteiger partial charge in [0.1, 0.15) is 5.02 Å². The zero-order chi connectivity index (χ0) is 22.8. The molecule has 4 rings (SSSR count). The Morgan fingerprint density at radius 1 is 0.906 bits per heavy atom. The number of halogens is 3. The molecule has 0 aliphatic carbocycles. The summed E-state index contributed by atoms with van der Waals surface area (Å²) in [7, 11) is 0. The minimum absolute atomic E-state index is 0.290. The van der Waals surface area contributed by atoms with E-state index >= 15 is 0 Å². The number of carbonyl (C=O) groups excluding carboxylic acids is 1. The van der Waals surface area contributed by atoms with Gasteiger partial charge >= 0.3 is 0 Å². The monoisotopic (exact) mass is 487 g/mol. The van der Waals surface area contributed by atoms with Crippen molar-refractivity contribution in [2.75, 3.05) is 5.32 Å². The number of amides is 1. The molecular formula is C23H20Cl3N5O. The molecule has 0 atom stereocenters. The number of nitrogens with zero attached hydrogens (tertiary/aromatic N) is 4. The summed E-state index contributed by atoms with van der Waals surface area (Å²) in [4.78, 5) is 12.8. The number of aryl methyl sites for hydroxylation is 2. The molecule has 0 fully saturated rings. The van der Waals surface area contributed by atoms with Crippen molar-refractivity contribution in [3.63, 3.8) is 0 Å². The molecule has 9 heteroatoms. The number of anilines is 1. The van der Waals surface area contributed by atoms with E-state index in [1.54, 1.807) is 29.1 Å². The molecule has 1 N–H and O–H groups in total. The van der Waals surface area contributed by atoms with Crippen LogP contribution in [0, 0.1) is 13.8 Å². The maximum absolute atomic E-state index is 12.8. The number of carbonyl (C=O) groups is 1. The summed E-state index contributed by atoms with van der Waals surface area (Å²) in [5.41, 5.74) is 4.42. The van der Waals surface area contributed by atoms with E-state index in [0.29, 0.717) is 39.5 Å². The quantitative estimate of drug-likeness (QED) is 0.362. The van der Waals surface area contributed by atoms with Gasteiger partial charge in [0.05, 0.1) is 28.8 Å². The van der Waals surface area contributed by atoms with Crippen LogP contribution < -0.4 is 5.32 Å². The summed E-state index contributed by atoms with van der Waals surface area (Å²) in [6.07, 6.45) is 1.65. The van der Waals surface area contributed by atoms with Crippen LogP contribution in [0.15, 0.2) is 54.7 Å². The Bertz CT molecular complexity index is 1290. The maximum atomic E-state index is 12.8. The molecule has 0 saturated carbocycles. The molecule has 0 radical (unpaired) electrons. The largest absolute Gasteiger partial charge is 0.304 e. The van der Waals surface area contributed by atoms with Crippen LogP contribution in [0.1, 0.15) is 32.9 Å². The van der Waals surface area contributed by atoms with Gasteiger partial charge in [-0.2, -0.15) is 10.2 Å². The van der Waals surface area contributed by atoms with Gasteiger partial charge in [0.15, 0.2) is 5.82 Å². The highest BCUT2D eigenvalue weighted by atomic mass is 35.5. The smallest absolute Gasteiger partial charge is 0.256 e. The molecule has 0 unspecified atom stereocenters. The predicted octanol–water partition coefficient (Wildman–Crippen LogP) is 6.01. The van der Waals surface area contributed by atoms with Gasteiger partial charge in [-0.1, -0.05) is 53.0 Å². The predicted molar refractivity (Wildman–Crippen MR) is 128 cm³/mol. The van der Waals surface area contributed by atoms with Crippen LogP contribution in [-0.4, -0.2) is 25.5 Å². The van der Waals surface area contributed by atoms with Gasteiger partial charge in [-0.15, -0.1) is 0 Å². The number of hydrogen-bond donors (Lipinski definition) is 1. The SMILES string of the molecule is Cc1cc(C)n(Cc2cccc(C(=O)Nc3nn(Cc4ccc(Cl)c(Cl)c4)cc3Cl)c2)n1. The van der Waals surface area contributed by atoms with Crippen LogP contribution in [0.3, 0.4) is 0 Å². The molecule has 2 aromatic heterocycles. The highest BCUT2D eigenvalue weighted by molar-refractivity contribution is 6.42. The van der Waals surface area contributed by atoms with Crippen molar-refractivity contribution in [2.45, 2.75) is 26.9 Å². The normalized spacial score (nSPS) is 11.0. The van der Waals surface area contributed by atoms with E-state index in [0.717, 1.165) is 22.5 Å². The van der Waals surface area contributed by atoms with Crippen molar-refractivity contribution in [2.24, 2.45) is 0 Å². The van der Waals surface area contributed by atoms with Crippen LogP contribution in [-0.2, 0) is 13.1 Å². The minimum atomic E-state index is -0.290. The first kappa shape index (κ1) is 22.4. The van der Waals surface area contributed by atoms with Gasteiger partial charge in [-0.25, -0.2) is 0 Å². The fourth-order valence-corrected chi connectivity index (χ4v) is 3.90. The van der Waals surface area contributed by atoms with Crippen molar-refractivity contribution < 1.29 is 4.79 Å². The Balaban J connectivity index is 1.47. The van der Waals surface area contributed by atoms with E-state index in [2.05, 4.69) is 15.5 Å². The van der Waals surface area contributed by atoms with Crippen molar-refractivity contribution in [3.8, 4) is 0 Å². The first-order valence-corrected chi connectivity index (χ1v) is 11.0. The molecule has 2 heterocycles. The van der Waals surface area contributed by atoms with Gasteiger partial charge in [0.25, 0.3) is 5.91 Å². The van der Waals surface area contributed by atoms with E-state index in [9.17, 15) is 4.79 Å². The van der Waals surface area contributed by atoms with E-state index in [1.165, 1.54) is 0 Å². The molecule has 1 amide bonds. The average Bonchev–Trinajstić information content (AvgIpc) is 3.25. The fraction of sp³-hybridized carbons (Fsp3) is 0.174. The third-order valence-corrected chi connectivity index (χ3v) is 5.92. The standard InChI is InChI=1S/C23H20Cl3N5O/c1-14-8-15(2)31(28-14)12-16-4-3-5-18(9-16)23(32)27-22-21(26)13-30(29-22)11-17-6-7-19(24)20(25)10-17/h3-10,13H,11-12H2,1-2H3,(H,27,29,32). The topological polar surface area (TPSA) is 64.7 Å². The Morgan fingerprint density at radius 2 is 1.69 bits per heavy atom. The zero-order valence-corrected chi connectivity index (χ0v) is 19.7. The second-order valence-electron chi connectivity index (χ2n) is 7.51. The third kappa shape index (κ3) is 5.15. The Labute approximate surface area is 200 Å². The maximum Gasteiger partial charge on any atom is 0.256 e. The molecule has 164 valence electrons. The lowest BCUT2D eigenvalue weighted by Crippen LogP contribution is -2.14. The second-order valence-corrected chi connectivity index (χ2v) is 8.73. The van der Waals surface area contributed by atoms with Crippen LogP contribution >= 0.6 is 34.8 Å². The first-order valence-electron chi connectivity index (χ1n) is 9.87. The summed E-state index contributed by atoms with van der Waals surface area (Å²) >= 11 is 18.3. The van der Waals surface area contributed by atoms with Crippen LogP contribution in [0.25, 0.3) is 0 Å². The van der Waals surface area contributed by atoms with Gasteiger partial charge < -0.3 is 5.32 Å². The Hall–Kier alpha value is -2.80. The summed E-state index contributed by atoms with van der Waals surface area (Å²) < 4.78 is 3.55. The average molecular weight is 489 g/mol. The summed E-state index contributed by atoms with van der Waals surface area (Å²) in [6.45, 7) is 4.98. The van der Waals surface area contributed by atoms with E-state index < -0.39 is 0 Å². The van der Waals surface area contributed by atoms with Gasteiger partial charge in [0, 0.05) is 17.5 Å². The molecule has 0 aliphatic rings. The van der Waals surface area contributed by atoms with Crippen molar-refractivity contribution in [3.05, 3.63) is 97.9 Å². The highest BCUT2D eigenvalue weighted by Gasteiger charge is 2.14. The van der Waals surface area contributed by atoms with Gasteiger partial charge in [0.2, 0.25) is 0 Å². The number of benzene rings is 2. The van der Waals surface area contributed by atoms with Crippen LogP contribution in [0.4, 0.5) is 5.82 Å².